The molecular weight excluding hydrogens is 178 g/mol. The largest absolute Gasteiger partial charge is 0.339 e. The molecule has 0 aromatic rings. The highest BCUT2D eigenvalue weighted by Crippen LogP contribution is 2.05. The number of nitrogens with one attached hydrogen (secondary N) is 1. The molecule has 1 aliphatic rings. The quantitative estimate of drug-likeness (QED) is 0.681. The van der Waals surface area contributed by atoms with Gasteiger partial charge in [0.25, 0.3) is 0 Å². The first-order chi connectivity index (χ1) is 6.65. The average molecular weight is 199 g/mol. The van der Waals surface area contributed by atoms with Crippen LogP contribution < -0.4 is 5.32 Å². The number of piperazine rings is 1. The molecule has 4 heteroatoms. The van der Waals surface area contributed by atoms with Gasteiger partial charge in [0.2, 0.25) is 5.91 Å². The predicted molar refractivity (Wildman–Crippen MR) is 57.2 cm³/mol. The van der Waals surface area contributed by atoms with E-state index in [2.05, 4.69) is 24.1 Å². The maximum Gasteiger partial charge on any atom is 0.236 e. The zero-order valence-electron chi connectivity index (χ0n) is 9.42. The Bertz CT molecular complexity index is 186. The highest BCUT2D eigenvalue weighted by atomic mass is 16.2. The van der Waals surface area contributed by atoms with Gasteiger partial charge in [-0.05, 0) is 20.9 Å². The number of carbonyl (C=O) groups excluding carboxylic acids is 1. The van der Waals surface area contributed by atoms with Crippen molar-refractivity contribution in [1.82, 2.24) is 15.1 Å². The second kappa shape index (κ2) is 5.32. The Hall–Kier alpha value is -0.610. The number of likely N-dealkylation sites (N-methyl/N-ethyl adjacent to an activating group) is 1. The lowest BCUT2D eigenvalue weighted by molar-refractivity contribution is -0.132. The van der Waals surface area contributed by atoms with E-state index in [1.54, 1.807) is 0 Å². The van der Waals surface area contributed by atoms with Gasteiger partial charge in [-0.15, -0.1) is 0 Å². The van der Waals surface area contributed by atoms with Gasteiger partial charge in [0.15, 0.2) is 0 Å². The molecule has 4 nitrogen and oxygen atoms in total. The molecule has 1 saturated heterocycles. The molecule has 1 amide bonds. The molecule has 0 unspecified atom stereocenters. The highest BCUT2D eigenvalue weighted by Gasteiger charge is 2.21. The van der Waals surface area contributed by atoms with Crippen molar-refractivity contribution >= 4 is 5.91 Å². The Balaban J connectivity index is 2.31. The first kappa shape index (κ1) is 11.5. The number of nitrogens with zero attached hydrogens (tertiary/aromatic N) is 2. The van der Waals surface area contributed by atoms with E-state index in [-0.39, 0.29) is 5.91 Å². The van der Waals surface area contributed by atoms with Crippen LogP contribution in [0, 0.1) is 0 Å². The Morgan fingerprint density at radius 3 is 2.29 bits per heavy atom. The average Bonchev–Trinajstić information content (AvgIpc) is 2.18. The lowest BCUT2D eigenvalue weighted by Crippen LogP contribution is -2.52. The molecule has 82 valence electrons. The molecule has 0 aliphatic carbocycles. The highest BCUT2D eigenvalue weighted by molar-refractivity contribution is 5.78. The summed E-state index contributed by atoms with van der Waals surface area (Å²) in [5.74, 6) is 0.218. The van der Waals surface area contributed by atoms with Gasteiger partial charge in [-0.2, -0.15) is 0 Å². The molecule has 0 atom stereocenters. The summed E-state index contributed by atoms with van der Waals surface area (Å²) < 4.78 is 0. The van der Waals surface area contributed by atoms with Crippen LogP contribution in [0.4, 0.5) is 0 Å². The summed E-state index contributed by atoms with van der Waals surface area (Å²) in [6.07, 6.45) is 0. The fourth-order valence-corrected chi connectivity index (χ4v) is 1.75. The molecule has 0 saturated carbocycles. The lowest BCUT2D eigenvalue weighted by Gasteiger charge is -2.36. The molecule has 0 bridgehead atoms. The summed E-state index contributed by atoms with van der Waals surface area (Å²) in [6.45, 7) is 8.62. The normalized spacial score (nSPS) is 19.0. The second-order valence-electron chi connectivity index (χ2n) is 4.04. The number of hydrogen-bond acceptors (Lipinski definition) is 3. The van der Waals surface area contributed by atoms with Crippen LogP contribution in [0.5, 0.6) is 0 Å². The van der Waals surface area contributed by atoms with Crippen LogP contribution in [-0.4, -0.2) is 61.5 Å². The molecule has 1 aliphatic heterocycles. The zero-order valence-corrected chi connectivity index (χ0v) is 9.42. The molecular formula is C10H21N3O. The van der Waals surface area contributed by atoms with Crippen LogP contribution in [0.15, 0.2) is 0 Å². The van der Waals surface area contributed by atoms with Crippen LogP contribution in [0.25, 0.3) is 0 Å². The third kappa shape index (κ3) is 2.96. The van der Waals surface area contributed by atoms with Gasteiger partial charge in [0.1, 0.15) is 0 Å². The molecule has 1 fully saturated rings. The Kier molecular flexibility index (Phi) is 4.35. The first-order valence-electron chi connectivity index (χ1n) is 5.31. The molecule has 1 heterocycles. The van der Waals surface area contributed by atoms with E-state index in [9.17, 15) is 4.79 Å². The van der Waals surface area contributed by atoms with Gasteiger partial charge in [-0.1, -0.05) is 0 Å². The summed E-state index contributed by atoms with van der Waals surface area (Å²) in [4.78, 5) is 15.9. The fourth-order valence-electron chi connectivity index (χ4n) is 1.75. The third-order valence-corrected chi connectivity index (χ3v) is 2.73. The summed E-state index contributed by atoms with van der Waals surface area (Å²) in [7, 11) is 1.81. The van der Waals surface area contributed by atoms with E-state index in [1.807, 2.05) is 11.9 Å². The third-order valence-electron chi connectivity index (χ3n) is 2.73. The summed E-state index contributed by atoms with van der Waals surface area (Å²) in [6, 6.07) is 0.594. The van der Waals surface area contributed by atoms with E-state index in [0.29, 0.717) is 12.6 Å². The van der Waals surface area contributed by atoms with Crippen molar-refractivity contribution < 1.29 is 4.79 Å². The molecule has 1 N–H and O–H groups in total. The maximum atomic E-state index is 11.5. The van der Waals surface area contributed by atoms with Gasteiger partial charge in [0, 0.05) is 32.2 Å². The lowest BCUT2D eigenvalue weighted by atomic mass is 10.2. The van der Waals surface area contributed by atoms with Crippen molar-refractivity contribution in [3.8, 4) is 0 Å². The number of hydrogen-bond donors (Lipinski definition) is 1. The van der Waals surface area contributed by atoms with E-state index in [4.69, 9.17) is 0 Å². The van der Waals surface area contributed by atoms with Crippen LogP contribution >= 0.6 is 0 Å². The van der Waals surface area contributed by atoms with Crippen molar-refractivity contribution in [2.24, 2.45) is 0 Å². The van der Waals surface area contributed by atoms with Gasteiger partial charge >= 0.3 is 0 Å². The molecule has 0 radical (unpaired) electrons. The SMILES string of the molecule is CNCC(=O)N1CCN(C(C)C)CC1. The van der Waals surface area contributed by atoms with Crippen molar-refractivity contribution in [1.29, 1.82) is 0 Å². The Labute approximate surface area is 86.2 Å². The molecule has 14 heavy (non-hydrogen) atoms. The van der Waals surface area contributed by atoms with E-state index >= 15 is 0 Å². The van der Waals surface area contributed by atoms with E-state index in [0.717, 1.165) is 26.2 Å². The fraction of sp³-hybridized carbons (Fsp3) is 0.900. The number of carbonyl (C=O) groups is 1. The van der Waals surface area contributed by atoms with E-state index < -0.39 is 0 Å². The predicted octanol–water partition coefficient (Wildman–Crippen LogP) is -0.242. The van der Waals surface area contributed by atoms with Crippen molar-refractivity contribution in [2.45, 2.75) is 19.9 Å². The Morgan fingerprint density at radius 1 is 1.29 bits per heavy atom. The van der Waals surface area contributed by atoms with Gasteiger partial charge in [-0.25, -0.2) is 0 Å². The summed E-state index contributed by atoms with van der Waals surface area (Å²) in [5, 5.41) is 2.89. The van der Waals surface area contributed by atoms with Crippen LogP contribution in [0.2, 0.25) is 0 Å². The minimum atomic E-state index is 0.218. The van der Waals surface area contributed by atoms with Crippen LogP contribution in [0.1, 0.15) is 13.8 Å². The molecule has 1 rings (SSSR count). The molecule has 0 spiro atoms. The van der Waals surface area contributed by atoms with E-state index in [1.165, 1.54) is 0 Å². The minimum Gasteiger partial charge on any atom is -0.339 e. The monoisotopic (exact) mass is 199 g/mol. The standard InChI is InChI=1S/C10H21N3O/c1-9(2)12-4-6-13(7-5-12)10(14)8-11-3/h9,11H,4-8H2,1-3H3. The molecule has 0 aromatic carbocycles. The van der Waals surface area contributed by atoms with Crippen LogP contribution in [-0.2, 0) is 4.79 Å². The van der Waals surface area contributed by atoms with Crippen molar-refractivity contribution in [3.63, 3.8) is 0 Å². The number of amides is 1. The second-order valence-corrected chi connectivity index (χ2v) is 4.04. The van der Waals surface area contributed by atoms with Crippen LogP contribution in [0.3, 0.4) is 0 Å². The van der Waals surface area contributed by atoms with Gasteiger partial charge in [0.05, 0.1) is 6.54 Å². The van der Waals surface area contributed by atoms with Gasteiger partial charge < -0.3 is 10.2 Å². The summed E-state index contributed by atoms with van der Waals surface area (Å²) in [5.41, 5.74) is 0. The number of rotatable bonds is 3. The summed E-state index contributed by atoms with van der Waals surface area (Å²) >= 11 is 0. The smallest absolute Gasteiger partial charge is 0.236 e. The van der Waals surface area contributed by atoms with Crippen molar-refractivity contribution in [2.75, 3.05) is 39.8 Å². The first-order valence-corrected chi connectivity index (χ1v) is 5.31. The van der Waals surface area contributed by atoms with Gasteiger partial charge in [-0.3, -0.25) is 9.69 Å². The zero-order chi connectivity index (χ0) is 10.6. The topological polar surface area (TPSA) is 35.6 Å². The minimum absolute atomic E-state index is 0.218. The van der Waals surface area contributed by atoms with Crippen molar-refractivity contribution in [3.05, 3.63) is 0 Å². The maximum absolute atomic E-state index is 11.5. The Morgan fingerprint density at radius 2 is 1.86 bits per heavy atom. The molecule has 0 aromatic heterocycles.